The Morgan fingerprint density at radius 1 is 1.37 bits per heavy atom. The summed E-state index contributed by atoms with van der Waals surface area (Å²) in [6.45, 7) is 2.84. The molecule has 0 bridgehead atoms. The zero-order valence-electron chi connectivity index (χ0n) is 10.8. The van der Waals surface area contributed by atoms with E-state index in [9.17, 15) is 9.59 Å². The van der Waals surface area contributed by atoms with Crippen molar-refractivity contribution in [2.45, 2.75) is 11.8 Å². The third-order valence-electron chi connectivity index (χ3n) is 3.46. The Morgan fingerprint density at radius 2 is 2.00 bits per heavy atom. The molecule has 5 heteroatoms. The Hall–Kier alpha value is -1.49. The summed E-state index contributed by atoms with van der Waals surface area (Å²) in [5.74, 6) is -0.550. The Labute approximate surface area is 116 Å². The predicted molar refractivity (Wildman–Crippen MR) is 74.0 cm³/mol. The van der Waals surface area contributed by atoms with Crippen LogP contribution in [0.5, 0.6) is 0 Å². The summed E-state index contributed by atoms with van der Waals surface area (Å²) >= 11 is 1.51. The highest BCUT2D eigenvalue weighted by Crippen LogP contribution is 2.26. The van der Waals surface area contributed by atoms with E-state index in [1.165, 1.54) is 11.8 Å². The summed E-state index contributed by atoms with van der Waals surface area (Å²) in [4.78, 5) is 25.5. The van der Waals surface area contributed by atoms with Gasteiger partial charge in [-0.3, -0.25) is 9.59 Å². The summed E-state index contributed by atoms with van der Waals surface area (Å²) in [5.41, 5.74) is 0. The molecule has 1 aromatic rings. The molecule has 0 saturated carbocycles. The minimum Gasteiger partial charge on any atom is -0.481 e. The molecule has 1 aromatic carbocycles. The second-order valence-electron chi connectivity index (χ2n) is 4.79. The molecule has 4 nitrogen and oxygen atoms in total. The van der Waals surface area contributed by atoms with Gasteiger partial charge in [-0.1, -0.05) is 25.1 Å². The van der Waals surface area contributed by atoms with Gasteiger partial charge in [0, 0.05) is 23.9 Å². The van der Waals surface area contributed by atoms with E-state index in [0.29, 0.717) is 18.8 Å². The van der Waals surface area contributed by atoms with Gasteiger partial charge in [0.2, 0.25) is 5.91 Å². The molecule has 1 atom stereocenters. The number of amides is 1. The van der Waals surface area contributed by atoms with Crippen LogP contribution in [0.1, 0.15) is 6.92 Å². The molecule has 0 aromatic heterocycles. The molecule has 19 heavy (non-hydrogen) atoms. The van der Waals surface area contributed by atoms with E-state index in [1.54, 1.807) is 11.8 Å². The van der Waals surface area contributed by atoms with Crippen LogP contribution in [0.4, 0.5) is 0 Å². The summed E-state index contributed by atoms with van der Waals surface area (Å²) in [6.07, 6.45) is 0. The molecule has 0 radical (unpaired) electrons. The Morgan fingerprint density at radius 3 is 2.58 bits per heavy atom. The number of benzene rings is 1. The number of carbonyl (C=O) groups is 2. The number of aliphatic carboxylic acids is 1. The molecule has 102 valence electrons. The van der Waals surface area contributed by atoms with E-state index in [0.717, 1.165) is 4.90 Å². The first-order valence-corrected chi connectivity index (χ1v) is 7.25. The van der Waals surface area contributed by atoms with Crippen molar-refractivity contribution in [3.05, 3.63) is 30.3 Å². The van der Waals surface area contributed by atoms with Gasteiger partial charge in [0.1, 0.15) is 0 Å². The van der Waals surface area contributed by atoms with Crippen molar-refractivity contribution >= 4 is 23.6 Å². The third kappa shape index (κ3) is 3.50. The van der Waals surface area contributed by atoms with Gasteiger partial charge in [-0.05, 0) is 12.1 Å². The van der Waals surface area contributed by atoms with Crippen molar-refractivity contribution in [3.8, 4) is 0 Å². The van der Waals surface area contributed by atoms with E-state index in [1.807, 2.05) is 30.3 Å². The average molecular weight is 279 g/mol. The van der Waals surface area contributed by atoms with E-state index in [-0.39, 0.29) is 17.7 Å². The van der Waals surface area contributed by atoms with Crippen LogP contribution in [0.15, 0.2) is 35.2 Å². The van der Waals surface area contributed by atoms with E-state index in [4.69, 9.17) is 5.11 Å². The SMILES string of the molecule is CC(C(=O)O)C1CN(C(=O)CSc2ccccc2)C1. The minimum atomic E-state index is -0.782. The van der Waals surface area contributed by atoms with Gasteiger partial charge < -0.3 is 10.0 Å². The molecule has 1 aliphatic heterocycles. The quantitative estimate of drug-likeness (QED) is 0.837. The molecule has 1 aliphatic rings. The number of hydrogen-bond donors (Lipinski definition) is 1. The lowest BCUT2D eigenvalue weighted by Crippen LogP contribution is -2.54. The highest BCUT2D eigenvalue weighted by Gasteiger charge is 2.36. The van der Waals surface area contributed by atoms with Crippen molar-refractivity contribution in [3.63, 3.8) is 0 Å². The van der Waals surface area contributed by atoms with Crippen LogP contribution in [0.25, 0.3) is 0 Å². The number of nitrogens with zero attached hydrogens (tertiary/aromatic N) is 1. The van der Waals surface area contributed by atoms with Crippen molar-refractivity contribution in [1.29, 1.82) is 0 Å². The average Bonchev–Trinajstić information content (AvgIpc) is 2.35. The van der Waals surface area contributed by atoms with E-state index >= 15 is 0 Å². The minimum absolute atomic E-state index is 0.0858. The van der Waals surface area contributed by atoms with Crippen LogP contribution < -0.4 is 0 Å². The monoisotopic (exact) mass is 279 g/mol. The standard InChI is InChI=1S/C14H17NO3S/c1-10(14(17)18)11-7-15(8-11)13(16)9-19-12-5-3-2-4-6-12/h2-6,10-11H,7-9H2,1H3,(H,17,18). The summed E-state index contributed by atoms with van der Waals surface area (Å²) in [6, 6.07) is 9.79. The summed E-state index contributed by atoms with van der Waals surface area (Å²) < 4.78 is 0. The maximum atomic E-state index is 11.9. The van der Waals surface area contributed by atoms with Gasteiger partial charge in [0.05, 0.1) is 11.7 Å². The first-order chi connectivity index (χ1) is 9.08. The zero-order chi connectivity index (χ0) is 13.8. The Kier molecular flexibility index (Phi) is 4.47. The first-order valence-electron chi connectivity index (χ1n) is 6.26. The fourth-order valence-electron chi connectivity index (χ4n) is 1.99. The normalized spacial score (nSPS) is 16.8. The highest BCUT2D eigenvalue weighted by atomic mass is 32.2. The molecule has 0 aliphatic carbocycles. The Bertz CT molecular complexity index is 457. The maximum absolute atomic E-state index is 11.9. The number of hydrogen-bond acceptors (Lipinski definition) is 3. The van der Waals surface area contributed by atoms with Gasteiger partial charge >= 0.3 is 5.97 Å². The molecule has 1 fully saturated rings. The smallest absolute Gasteiger partial charge is 0.306 e. The van der Waals surface area contributed by atoms with Crippen LogP contribution in [-0.2, 0) is 9.59 Å². The molecule has 0 spiro atoms. The number of likely N-dealkylation sites (tertiary alicyclic amines) is 1. The topological polar surface area (TPSA) is 57.6 Å². The first kappa shape index (κ1) is 13.9. The molecule has 1 N–H and O–H groups in total. The molecule has 1 saturated heterocycles. The summed E-state index contributed by atoms with van der Waals surface area (Å²) in [7, 11) is 0. The number of thioether (sulfide) groups is 1. The van der Waals surface area contributed by atoms with E-state index in [2.05, 4.69) is 0 Å². The zero-order valence-corrected chi connectivity index (χ0v) is 11.6. The summed E-state index contributed by atoms with van der Waals surface area (Å²) in [5, 5.41) is 8.89. The van der Waals surface area contributed by atoms with Gasteiger partial charge in [-0.2, -0.15) is 0 Å². The maximum Gasteiger partial charge on any atom is 0.306 e. The van der Waals surface area contributed by atoms with Gasteiger partial charge in [-0.15, -0.1) is 11.8 Å². The lowest BCUT2D eigenvalue weighted by molar-refractivity contribution is -0.149. The number of rotatable bonds is 5. The second kappa shape index (κ2) is 6.10. The van der Waals surface area contributed by atoms with Crippen molar-refractivity contribution in [2.24, 2.45) is 11.8 Å². The highest BCUT2D eigenvalue weighted by molar-refractivity contribution is 8.00. The van der Waals surface area contributed by atoms with E-state index < -0.39 is 5.97 Å². The van der Waals surface area contributed by atoms with Crippen molar-refractivity contribution < 1.29 is 14.7 Å². The number of carbonyl (C=O) groups excluding carboxylic acids is 1. The molecule has 1 heterocycles. The predicted octanol–water partition coefficient (Wildman–Crippen LogP) is 1.96. The van der Waals surface area contributed by atoms with Crippen molar-refractivity contribution in [2.75, 3.05) is 18.8 Å². The van der Waals surface area contributed by atoms with Gasteiger partial charge in [0.15, 0.2) is 0 Å². The molecule has 1 unspecified atom stereocenters. The molecule has 2 rings (SSSR count). The largest absolute Gasteiger partial charge is 0.481 e. The fraction of sp³-hybridized carbons (Fsp3) is 0.429. The third-order valence-corrected chi connectivity index (χ3v) is 4.46. The van der Waals surface area contributed by atoms with Crippen LogP contribution in [0.3, 0.4) is 0 Å². The fourth-order valence-corrected chi connectivity index (χ4v) is 2.81. The van der Waals surface area contributed by atoms with Gasteiger partial charge in [-0.25, -0.2) is 0 Å². The van der Waals surface area contributed by atoms with Gasteiger partial charge in [0.25, 0.3) is 0 Å². The number of carboxylic acids is 1. The lowest BCUT2D eigenvalue weighted by atomic mass is 9.87. The van der Waals surface area contributed by atoms with Crippen molar-refractivity contribution in [1.82, 2.24) is 4.90 Å². The van der Waals surface area contributed by atoms with Crippen LogP contribution in [0, 0.1) is 11.8 Å². The molecule has 1 amide bonds. The van der Waals surface area contributed by atoms with Crippen LogP contribution in [0.2, 0.25) is 0 Å². The molecular weight excluding hydrogens is 262 g/mol. The molecular formula is C14H17NO3S. The lowest BCUT2D eigenvalue weighted by Gasteiger charge is -2.41. The Balaban J connectivity index is 1.73. The second-order valence-corrected chi connectivity index (χ2v) is 5.84. The van der Waals surface area contributed by atoms with Crippen LogP contribution in [-0.4, -0.2) is 40.7 Å². The van der Waals surface area contributed by atoms with Crippen LogP contribution >= 0.6 is 11.8 Å². The number of carboxylic acid groups (broad SMARTS) is 1.